The second-order valence-electron chi connectivity index (χ2n) is 8.61. The summed E-state index contributed by atoms with van der Waals surface area (Å²) in [7, 11) is -3.88. The van der Waals surface area contributed by atoms with Gasteiger partial charge >= 0.3 is 0 Å². The Labute approximate surface area is 183 Å². The summed E-state index contributed by atoms with van der Waals surface area (Å²) in [5, 5.41) is 13.9. The van der Waals surface area contributed by atoms with Crippen molar-refractivity contribution < 1.29 is 18.1 Å². The maximum Gasteiger partial charge on any atom is 0.271 e. The molecule has 0 bridgehead atoms. The molecule has 0 spiro atoms. The number of carbonyl (C=O) groups is 1. The van der Waals surface area contributed by atoms with Crippen molar-refractivity contribution in [1.29, 1.82) is 0 Å². The van der Waals surface area contributed by atoms with E-state index in [1.54, 1.807) is 0 Å². The van der Waals surface area contributed by atoms with Crippen molar-refractivity contribution in [2.75, 3.05) is 10.6 Å². The van der Waals surface area contributed by atoms with Crippen LogP contribution in [0.1, 0.15) is 51.8 Å². The molecule has 1 N–H and O–H groups in total. The van der Waals surface area contributed by atoms with Gasteiger partial charge in [-0.3, -0.25) is 19.2 Å². The number of hydrogen-bond acceptors (Lipinski definition) is 5. The zero-order valence-corrected chi connectivity index (χ0v) is 19.4. The Kier molecular flexibility index (Phi) is 7.10. The lowest BCUT2D eigenvalue weighted by atomic mass is 9.86. The molecule has 0 heterocycles. The van der Waals surface area contributed by atoms with Crippen molar-refractivity contribution in [2.24, 2.45) is 0 Å². The van der Waals surface area contributed by atoms with E-state index >= 15 is 0 Å². The lowest BCUT2D eigenvalue weighted by Crippen LogP contribution is -2.48. The van der Waals surface area contributed by atoms with E-state index < -0.39 is 26.9 Å². The van der Waals surface area contributed by atoms with E-state index in [-0.39, 0.29) is 22.8 Å². The van der Waals surface area contributed by atoms with Crippen LogP contribution in [0.4, 0.5) is 11.4 Å². The zero-order valence-electron chi connectivity index (χ0n) is 18.6. The summed E-state index contributed by atoms with van der Waals surface area (Å²) in [6, 6.07) is 11.6. The van der Waals surface area contributed by atoms with Gasteiger partial charge in [-0.25, -0.2) is 8.42 Å². The van der Waals surface area contributed by atoms with E-state index in [1.807, 2.05) is 31.2 Å². The largest absolute Gasteiger partial charge is 0.348 e. The van der Waals surface area contributed by atoms with Crippen LogP contribution < -0.4 is 9.62 Å². The minimum atomic E-state index is -3.88. The molecule has 0 saturated heterocycles. The average molecular weight is 448 g/mol. The van der Waals surface area contributed by atoms with E-state index in [9.17, 15) is 23.3 Å². The van der Waals surface area contributed by atoms with E-state index in [0.29, 0.717) is 0 Å². The first kappa shape index (κ1) is 24.3. The fourth-order valence-electron chi connectivity index (χ4n) is 3.24. The molecule has 0 aliphatic heterocycles. The number of anilines is 1. The van der Waals surface area contributed by atoms with E-state index in [4.69, 9.17) is 0 Å². The van der Waals surface area contributed by atoms with Gasteiger partial charge < -0.3 is 5.32 Å². The molecule has 0 fully saturated rings. The molecule has 0 saturated carbocycles. The van der Waals surface area contributed by atoms with Crippen molar-refractivity contribution in [3.8, 4) is 0 Å². The van der Waals surface area contributed by atoms with E-state index in [1.165, 1.54) is 25.1 Å². The summed E-state index contributed by atoms with van der Waals surface area (Å²) in [6.45, 7) is 9.60. The first-order chi connectivity index (χ1) is 14.2. The van der Waals surface area contributed by atoms with Crippen LogP contribution in [0, 0.1) is 10.1 Å². The van der Waals surface area contributed by atoms with Crippen LogP contribution in [0.3, 0.4) is 0 Å². The molecule has 0 radical (unpaired) electrons. The number of hydrogen-bond donors (Lipinski definition) is 1. The number of nitrogens with zero attached hydrogens (tertiary/aromatic N) is 2. The molecule has 168 valence electrons. The number of nitro groups is 1. The molecule has 31 heavy (non-hydrogen) atoms. The molecule has 2 aromatic carbocycles. The van der Waals surface area contributed by atoms with Crippen molar-refractivity contribution in [3.05, 3.63) is 69.8 Å². The van der Waals surface area contributed by atoms with Gasteiger partial charge in [0, 0.05) is 12.1 Å². The normalized spacial score (nSPS) is 13.9. The molecule has 0 aliphatic rings. The standard InChI is InChI=1S/C22H29N3O5S/c1-15(17-10-12-18(13-11-17)22(3,4)5)23-21(26)16(2)24(31(6,29)30)19-8-7-9-20(14-19)25(27)28/h7-16H,1-6H3,(H,23,26)/t15-,16+/m0/s1. The maximum absolute atomic E-state index is 12.9. The zero-order chi connectivity index (χ0) is 23.6. The quantitative estimate of drug-likeness (QED) is 0.511. The van der Waals surface area contributed by atoms with Crippen LogP contribution in [0.25, 0.3) is 0 Å². The van der Waals surface area contributed by atoms with Crippen LogP contribution in [-0.4, -0.2) is 31.5 Å². The predicted octanol–water partition coefficient (Wildman–Crippen LogP) is 3.92. The Hall–Kier alpha value is -2.94. The molecule has 0 aromatic heterocycles. The second-order valence-corrected chi connectivity index (χ2v) is 10.5. The number of non-ortho nitro benzene ring substituents is 1. The third kappa shape index (κ3) is 6.04. The highest BCUT2D eigenvalue weighted by Gasteiger charge is 2.30. The molecule has 2 rings (SSSR count). The number of nitro benzene ring substituents is 1. The van der Waals surface area contributed by atoms with Crippen molar-refractivity contribution >= 4 is 27.3 Å². The van der Waals surface area contributed by atoms with Gasteiger partial charge in [0.25, 0.3) is 5.69 Å². The minimum absolute atomic E-state index is 0.00775. The Morgan fingerprint density at radius 2 is 1.68 bits per heavy atom. The highest BCUT2D eigenvalue weighted by molar-refractivity contribution is 7.92. The number of amides is 1. The van der Waals surface area contributed by atoms with E-state index in [0.717, 1.165) is 27.8 Å². The summed E-state index contributed by atoms with van der Waals surface area (Å²) in [5.41, 5.74) is 1.85. The van der Waals surface area contributed by atoms with Crippen LogP contribution in [0.15, 0.2) is 48.5 Å². The van der Waals surface area contributed by atoms with Crippen molar-refractivity contribution in [2.45, 2.75) is 52.1 Å². The number of rotatable bonds is 7. The van der Waals surface area contributed by atoms with Gasteiger partial charge in [0.15, 0.2) is 0 Å². The average Bonchev–Trinajstić information content (AvgIpc) is 2.66. The number of nitrogens with one attached hydrogen (secondary N) is 1. The maximum atomic E-state index is 12.9. The summed E-state index contributed by atoms with van der Waals surface area (Å²) in [5.74, 6) is -0.510. The first-order valence-electron chi connectivity index (χ1n) is 9.86. The molecule has 8 nitrogen and oxygen atoms in total. The second kappa shape index (κ2) is 9.05. The fourth-order valence-corrected chi connectivity index (χ4v) is 4.41. The summed E-state index contributed by atoms with van der Waals surface area (Å²) in [4.78, 5) is 23.3. The number of benzene rings is 2. The molecular formula is C22H29N3O5S. The van der Waals surface area contributed by atoms with Gasteiger partial charge in [-0.05, 0) is 36.5 Å². The van der Waals surface area contributed by atoms with Gasteiger partial charge in [0.05, 0.1) is 22.9 Å². The Bertz CT molecular complexity index is 1060. The molecule has 1 amide bonds. The van der Waals surface area contributed by atoms with Gasteiger partial charge in [0.2, 0.25) is 15.9 Å². The van der Waals surface area contributed by atoms with Crippen LogP contribution in [0.2, 0.25) is 0 Å². The Morgan fingerprint density at radius 1 is 1.10 bits per heavy atom. The molecule has 0 unspecified atom stereocenters. The minimum Gasteiger partial charge on any atom is -0.348 e. The molecule has 2 aromatic rings. The molecular weight excluding hydrogens is 418 g/mol. The third-order valence-electron chi connectivity index (χ3n) is 5.02. The number of carbonyl (C=O) groups excluding carboxylic acids is 1. The predicted molar refractivity (Wildman–Crippen MR) is 122 cm³/mol. The molecule has 2 atom stereocenters. The summed E-state index contributed by atoms with van der Waals surface area (Å²) < 4.78 is 25.7. The summed E-state index contributed by atoms with van der Waals surface area (Å²) >= 11 is 0. The van der Waals surface area contributed by atoms with Crippen molar-refractivity contribution in [3.63, 3.8) is 0 Å². The topological polar surface area (TPSA) is 110 Å². The lowest BCUT2D eigenvalue weighted by molar-refractivity contribution is -0.384. The molecule has 0 aliphatic carbocycles. The van der Waals surface area contributed by atoms with Crippen LogP contribution in [0.5, 0.6) is 0 Å². The van der Waals surface area contributed by atoms with Gasteiger partial charge in [-0.1, -0.05) is 51.1 Å². The molecule has 9 heteroatoms. The smallest absolute Gasteiger partial charge is 0.271 e. The fraction of sp³-hybridized carbons (Fsp3) is 0.409. The highest BCUT2D eigenvalue weighted by Crippen LogP contribution is 2.26. The Morgan fingerprint density at radius 3 is 2.16 bits per heavy atom. The Balaban J connectivity index is 2.26. The first-order valence-corrected chi connectivity index (χ1v) is 11.7. The van der Waals surface area contributed by atoms with Crippen LogP contribution >= 0.6 is 0 Å². The number of sulfonamides is 1. The van der Waals surface area contributed by atoms with E-state index in [2.05, 4.69) is 26.1 Å². The monoisotopic (exact) mass is 447 g/mol. The SMILES string of the molecule is C[C@H](NC(=O)[C@@H](C)N(c1cccc([N+](=O)[O-])c1)S(C)(=O)=O)c1ccc(C(C)(C)C)cc1. The van der Waals surface area contributed by atoms with Crippen molar-refractivity contribution in [1.82, 2.24) is 5.32 Å². The highest BCUT2D eigenvalue weighted by atomic mass is 32.2. The van der Waals surface area contributed by atoms with Gasteiger partial charge in [-0.15, -0.1) is 0 Å². The summed E-state index contributed by atoms with van der Waals surface area (Å²) in [6.07, 6.45) is 0.963. The van der Waals surface area contributed by atoms with Gasteiger partial charge in [0.1, 0.15) is 6.04 Å². The lowest BCUT2D eigenvalue weighted by Gasteiger charge is -2.29. The van der Waals surface area contributed by atoms with Crippen LogP contribution in [-0.2, 0) is 20.2 Å². The third-order valence-corrected chi connectivity index (χ3v) is 6.26. The van der Waals surface area contributed by atoms with Gasteiger partial charge in [-0.2, -0.15) is 0 Å².